The van der Waals surface area contributed by atoms with Gasteiger partial charge in [0.05, 0.1) is 11.6 Å². The summed E-state index contributed by atoms with van der Waals surface area (Å²) < 4.78 is 26.8. The summed E-state index contributed by atoms with van der Waals surface area (Å²) in [4.78, 5) is -0.0233. The van der Waals surface area contributed by atoms with Crippen LogP contribution in [0.5, 0.6) is 0 Å². The van der Waals surface area contributed by atoms with Crippen LogP contribution in [-0.2, 0) is 16.6 Å². The Kier molecular flexibility index (Phi) is 4.97. The Bertz CT molecular complexity index is 604. The Morgan fingerprint density at radius 3 is 2.70 bits per heavy atom. The second kappa shape index (κ2) is 6.20. The van der Waals surface area contributed by atoms with Crippen LogP contribution < -0.4 is 0 Å². The van der Waals surface area contributed by atoms with Gasteiger partial charge >= 0.3 is 0 Å². The van der Waals surface area contributed by atoms with Crippen LogP contribution in [0.2, 0.25) is 10.0 Å². The first-order valence-corrected chi connectivity index (χ1v) is 8.64. The third-order valence-corrected chi connectivity index (χ3v) is 6.15. The average molecular weight is 338 g/mol. The first-order chi connectivity index (χ1) is 9.36. The fraction of sp³-hybridized carbons (Fsp3) is 0.538. The maximum atomic E-state index is 12.7. The number of nitrogens with zero attached hydrogens (tertiary/aromatic N) is 1. The van der Waals surface area contributed by atoms with Gasteiger partial charge in [0.15, 0.2) is 0 Å². The van der Waals surface area contributed by atoms with Gasteiger partial charge < -0.3 is 5.11 Å². The molecule has 1 aliphatic heterocycles. The molecule has 1 aliphatic rings. The molecule has 1 unspecified atom stereocenters. The monoisotopic (exact) mass is 337 g/mol. The Morgan fingerprint density at radius 1 is 1.40 bits per heavy atom. The summed E-state index contributed by atoms with van der Waals surface area (Å²) in [5, 5.41) is 9.54. The minimum Gasteiger partial charge on any atom is -0.392 e. The number of aliphatic hydroxyl groups is 1. The molecule has 1 aromatic carbocycles. The third kappa shape index (κ3) is 3.12. The van der Waals surface area contributed by atoms with Crippen molar-refractivity contribution in [2.24, 2.45) is 5.92 Å². The zero-order valence-electron chi connectivity index (χ0n) is 11.1. The van der Waals surface area contributed by atoms with Gasteiger partial charge in [0.25, 0.3) is 0 Å². The van der Waals surface area contributed by atoms with E-state index in [4.69, 9.17) is 23.2 Å². The maximum Gasteiger partial charge on any atom is 0.244 e. The van der Waals surface area contributed by atoms with Gasteiger partial charge in [-0.3, -0.25) is 0 Å². The minimum absolute atomic E-state index is 0.0233. The van der Waals surface area contributed by atoms with E-state index in [2.05, 4.69) is 0 Å². The Morgan fingerprint density at radius 2 is 2.10 bits per heavy atom. The number of benzene rings is 1. The van der Waals surface area contributed by atoms with Crippen molar-refractivity contribution in [3.8, 4) is 0 Å². The molecule has 0 amide bonds. The van der Waals surface area contributed by atoms with Gasteiger partial charge in [-0.15, -0.1) is 0 Å². The molecule has 1 fully saturated rings. The van der Waals surface area contributed by atoms with Gasteiger partial charge in [0, 0.05) is 18.1 Å². The third-order valence-electron chi connectivity index (χ3n) is 3.49. The molecule has 2 rings (SSSR count). The van der Waals surface area contributed by atoms with Gasteiger partial charge in [-0.05, 0) is 36.5 Å². The predicted molar refractivity (Wildman–Crippen MR) is 79.5 cm³/mol. The Hall–Kier alpha value is -0.330. The molecule has 1 aromatic rings. The predicted octanol–water partition coefficient (Wildman–Crippen LogP) is 2.91. The van der Waals surface area contributed by atoms with Crippen molar-refractivity contribution < 1.29 is 13.5 Å². The zero-order valence-corrected chi connectivity index (χ0v) is 13.5. The molecule has 1 saturated heterocycles. The van der Waals surface area contributed by atoms with E-state index in [1.165, 1.54) is 16.4 Å². The number of halogens is 2. The highest BCUT2D eigenvalue weighted by Crippen LogP contribution is 2.33. The largest absolute Gasteiger partial charge is 0.392 e. The number of rotatable bonds is 3. The lowest BCUT2D eigenvalue weighted by atomic mass is 10.0. The number of hydrogen-bond acceptors (Lipinski definition) is 3. The summed E-state index contributed by atoms with van der Waals surface area (Å²) in [6.45, 7) is 2.66. The summed E-state index contributed by atoms with van der Waals surface area (Å²) in [7, 11) is -3.67. The van der Waals surface area contributed by atoms with Crippen LogP contribution in [0.1, 0.15) is 25.3 Å². The summed E-state index contributed by atoms with van der Waals surface area (Å²) in [6.07, 6.45) is 1.86. The molecular formula is C13H17Cl2NO3S. The highest BCUT2D eigenvalue weighted by atomic mass is 35.5. The molecule has 0 radical (unpaired) electrons. The van der Waals surface area contributed by atoms with Crippen molar-refractivity contribution in [1.29, 1.82) is 0 Å². The van der Waals surface area contributed by atoms with Crippen molar-refractivity contribution >= 4 is 33.2 Å². The van der Waals surface area contributed by atoms with E-state index in [9.17, 15) is 13.5 Å². The summed E-state index contributed by atoms with van der Waals surface area (Å²) >= 11 is 12.0. The van der Waals surface area contributed by atoms with E-state index in [1.54, 1.807) is 0 Å². The van der Waals surface area contributed by atoms with Crippen molar-refractivity contribution in [3.05, 3.63) is 27.7 Å². The van der Waals surface area contributed by atoms with E-state index < -0.39 is 10.0 Å². The van der Waals surface area contributed by atoms with Gasteiger partial charge in [-0.25, -0.2) is 8.42 Å². The van der Waals surface area contributed by atoms with E-state index in [1.807, 2.05) is 6.92 Å². The number of aliphatic hydroxyl groups excluding tert-OH is 1. The molecule has 1 atom stereocenters. The summed E-state index contributed by atoms with van der Waals surface area (Å²) in [5.74, 6) is 0.328. The molecule has 0 saturated carbocycles. The summed E-state index contributed by atoms with van der Waals surface area (Å²) in [6, 6.07) is 2.82. The molecule has 0 bridgehead atoms. The molecule has 1 heterocycles. The lowest BCUT2D eigenvalue weighted by Crippen LogP contribution is -2.39. The van der Waals surface area contributed by atoms with Gasteiger partial charge in [0.2, 0.25) is 10.0 Å². The first-order valence-electron chi connectivity index (χ1n) is 6.45. The minimum atomic E-state index is -3.67. The molecular weight excluding hydrogens is 321 g/mol. The summed E-state index contributed by atoms with van der Waals surface area (Å²) in [5.41, 5.74) is 0.322. The molecule has 112 valence electrons. The van der Waals surface area contributed by atoms with Crippen LogP contribution in [0.25, 0.3) is 0 Å². The molecule has 0 aliphatic carbocycles. The topological polar surface area (TPSA) is 57.6 Å². The van der Waals surface area contributed by atoms with E-state index >= 15 is 0 Å². The fourth-order valence-electron chi connectivity index (χ4n) is 2.42. The Labute approximate surface area is 129 Å². The van der Waals surface area contributed by atoms with Crippen LogP contribution in [-0.4, -0.2) is 30.9 Å². The van der Waals surface area contributed by atoms with Crippen LogP contribution in [0.15, 0.2) is 17.0 Å². The quantitative estimate of drug-likeness (QED) is 0.922. The van der Waals surface area contributed by atoms with Crippen molar-refractivity contribution in [3.63, 3.8) is 0 Å². The standard InChI is InChI=1S/C13H17Cl2NO3S/c1-9-3-2-4-16(7-9)20(18,19)12-6-11(14)5-10(8-17)13(12)15/h5-6,9,17H,2-4,7-8H2,1H3. The molecule has 1 N–H and O–H groups in total. The maximum absolute atomic E-state index is 12.7. The normalized spacial score (nSPS) is 21.1. The van der Waals surface area contributed by atoms with Gasteiger partial charge in [-0.2, -0.15) is 4.31 Å². The molecule has 4 nitrogen and oxygen atoms in total. The van der Waals surface area contributed by atoms with E-state index in [0.29, 0.717) is 24.6 Å². The van der Waals surface area contributed by atoms with Gasteiger partial charge in [-0.1, -0.05) is 30.1 Å². The van der Waals surface area contributed by atoms with Crippen LogP contribution in [0.4, 0.5) is 0 Å². The number of sulfonamides is 1. The number of piperidine rings is 1. The second-order valence-corrected chi connectivity index (χ2v) is 7.87. The lowest BCUT2D eigenvalue weighted by molar-refractivity contribution is 0.279. The van der Waals surface area contributed by atoms with E-state index in [-0.39, 0.29) is 21.5 Å². The van der Waals surface area contributed by atoms with Crippen molar-refractivity contribution in [2.45, 2.75) is 31.3 Å². The second-order valence-electron chi connectivity index (χ2n) is 5.15. The van der Waals surface area contributed by atoms with Crippen LogP contribution in [0.3, 0.4) is 0 Å². The molecule has 0 aromatic heterocycles. The lowest BCUT2D eigenvalue weighted by Gasteiger charge is -2.30. The first kappa shape index (κ1) is 16.0. The Balaban J connectivity index is 2.46. The SMILES string of the molecule is CC1CCCN(S(=O)(=O)c2cc(Cl)cc(CO)c2Cl)C1. The highest BCUT2D eigenvalue weighted by molar-refractivity contribution is 7.89. The zero-order chi connectivity index (χ0) is 14.9. The van der Waals surface area contributed by atoms with Crippen LogP contribution >= 0.6 is 23.2 Å². The van der Waals surface area contributed by atoms with Crippen molar-refractivity contribution in [1.82, 2.24) is 4.31 Å². The fourth-order valence-corrected chi connectivity index (χ4v) is 4.92. The molecule has 20 heavy (non-hydrogen) atoms. The highest BCUT2D eigenvalue weighted by Gasteiger charge is 2.31. The smallest absolute Gasteiger partial charge is 0.244 e. The van der Waals surface area contributed by atoms with Crippen LogP contribution in [0, 0.1) is 5.92 Å². The average Bonchev–Trinajstić information content (AvgIpc) is 2.40. The molecule has 7 heteroatoms. The number of hydrogen-bond donors (Lipinski definition) is 1. The van der Waals surface area contributed by atoms with Gasteiger partial charge in [0.1, 0.15) is 4.90 Å². The van der Waals surface area contributed by atoms with E-state index in [0.717, 1.165) is 12.8 Å². The van der Waals surface area contributed by atoms with Crippen molar-refractivity contribution in [2.75, 3.05) is 13.1 Å². The molecule has 0 spiro atoms.